The van der Waals surface area contributed by atoms with Crippen molar-refractivity contribution in [3.63, 3.8) is 0 Å². The third-order valence-corrected chi connectivity index (χ3v) is 2.35. The van der Waals surface area contributed by atoms with Gasteiger partial charge in [-0.25, -0.2) is 14.8 Å². The number of rotatable bonds is 1. The quantitative estimate of drug-likeness (QED) is 0.666. The zero-order valence-corrected chi connectivity index (χ0v) is 8.79. The van der Waals surface area contributed by atoms with Gasteiger partial charge in [-0.2, -0.15) is 0 Å². The van der Waals surface area contributed by atoms with Gasteiger partial charge in [-0.3, -0.25) is 9.88 Å². The maximum absolute atomic E-state index is 11.7. The molecule has 6 heteroatoms. The normalized spacial score (nSPS) is 10.6. The highest BCUT2D eigenvalue weighted by molar-refractivity contribution is 5.91. The maximum atomic E-state index is 11.7. The Morgan fingerprint density at radius 3 is 3.00 bits per heavy atom. The standard InChI is InChI=1S/C11H9N5O/c17-11(16-6-5-12-7-16)15-10-13-8-3-1-2-4-9(8)14-10/h1-7H,(H2,13,14,15,17). The smallest absolute Gasteiger partial charge is 0.324 e. The van der Waals surface area contributed by atoms with Crippen LogP contribution < -0.4 is 5.32 Å². The Bertz CT molecular complexity index is 622. The van der Waals surface area contributed by atoms with Gasteiger partial charge < -0.3 is 4.98 Å². The Balaban J connectivity index is 1.88. The van der Waals surface area contributed by atoms with Crippen LogP contribution in [-0.4, -0.2) is 25.6 Å². The van der Waals surface area contributed by atoms with Crippen molar-refractivity contribution < 1.29 is 4.79 Å². The van der Waals surface area contributed by atoms with E-state index >= 15 is 0 Å². The average Bonchev–Trinajstić information content (AvgIpc) is 2.97. The number of nitrogens with zero attached hydrogens (tertiary/aromatic N) is 3. The fourth-order valence-electron chi connectivity index (χ4n) is 1.56. The Kier molecular flexibility index (Phi) is 2.11. The lowest BCUT2D eigenvalue weighted by molar-refractivity contribution is 0.253. The number of fused-ring (bicyclic) bond motifs is 1. The van der Waals surface area contributed by atoms with E-state index in [0.717, 1.165) is 11.0 Å². The molecule has 1 aromatic carbocycles. The second-order valence-electron chi connectivity index (χ2n) is 3.50. The number of carbonyl (C=O) groups excluding carboxylic acids is 1. The van der Waals surface area contributed by atoms with Crippen LogP contribution in [0.2, 0.25) is 0 Å². The molecular weight excluding hydrogens is 218 g/mol. The van der Waals surface area contributed by atoms with E-state index < -0.39 is 0 Å². The van der Waals surface area contributed by atoms with Crippen LogP contribution in [-0.2, 0) is 0 Å². The summed E-state index contributed by atoms with van der Waals surface area (Å²) in [6.07, 6.45) is 4.54. The minimum atomic E-state index is -0.304. The number of anilines is 1. The van der Waals surface area contributed by atoms with Crippen molar-refractivity contribution >= 4 is 23.0 Å². The summed E-state index contributed by atoms with van der Waals surface area (Å²) in [6.45, 7) is 0. The fraction of sp³-hybridized carbons (Fsp3) is 0. The van der Waals surface area contributed by atoms with Gasteiger partial charge in [0.2, 0.25) is 5.95 Å². The Morgan fingerprint density at radius 1 is 1.35 bits per heavy atom. The zero-order chi connectivity index (χ0) is 11.7. The van der Waals surface area contributed by atoms with Crippen molar-refractivity contribution in [1.82, 2.24) is 19.5 Å². The van der Waals surface area contributed by atoms with Crippen molar-refractivity contribution in [2.24, 2.45) is 0 Å². The van der Waals surface area contributed by atoms with Crippen molar-refractivity contribution in [3.8, 4) is 0 Å². The molecule has 0 bridgehead atoms. The summed E-state index contributed by atoms with van der Waals surface area (Å²) in [7, 11) is 0. The molecule has 0 spiro atoms. The molecule has 2 N–H and O–H groups in total. The number of carbonyl (C=O) groups is 1. The van der Waals surface area contributed by atoms with E-state index in [1.807, 2.05) is 24.3 Å². The summed E-state index contributed by atoms with van der Waals surface area (Å²) in [5, 5.41) is 2.65. The molecule has 0 radical (unpaired) electrons. The molecule has 0 aliphatic heterocycles. The molecule has 3 rings (SSSR count). The topological polar surface area (TPSA) is 75.6 Å². The Labute approximate surface area is 96.3 Å². The maximum Gasteiger partial charge on any atom is 0.333 e. The molecule has 84 valence electrons. The second-order valence-corrected chi connectivity index (χ2v) is 3.50. The van der Waals surface area contributed by atoms with Gasteiger partial charge in [0.1, 0.15) is 6.33 Å². The first kappa shape index (κ1) is 9.59. The Hall–Kier alpha value is -2.63. The molecule has 3 aromatic rings. The lowest BCUT2D eigenvalue weighted by Crippen LogP contribution is -2.18. The van der Waals surface area contributed by atoms with Gasteiger partial charge in [0.25, 0.3) is 0 Å². The lowest BCUT2D eigenvalue weighted by Gasteiger charge is -2.00. The van der Waals surface area contributed by atoms with E-state index in [1.54, 1.807) is 6.20 Å². The van der Waals surface area contributed by atoms with Gasteiger partial charge in [-0.05, 0) is 12.1 Å². The molecular formula is C11H9N5O. The van der Waals surface area contributed by atoms with Gasteiger partial charge in [0.05, 0.1) is 11.0 Å². The lowest BCUT2D eigenvalue weighted by atomic mass is 10.3. The Morgan fingerprint density at radius 2 is 2.24 bits per heavy atom. The average molecular weight is 227 g/mol. The van der Waals surface area contributed by atoms with E-state index in [-0.39, 0.29) is 6.03 Å². The van der Waals surface area contributed by atoms with E-state index in [2.05, 4.69) is 20.3 Å². The molecule has 0 saturated carbocycles. The number of hydrogen-bond donors (Lipinski definition) is 2. The van der Waals surface area contributed by atoms with Gasteiger partial charge in [-0.15, -0.1) is 0 Å². The van der Waals surface area contributed by atoms with Crippen LogP contribution in [0.4, 0.5) is 10.7 Å². The second kappa shape index (κ2) is 3.75. The first-order valence-corrected chi connectivity index (χ1v) is 5.07. The molecule has 0 fully saturated rings. The summed E-state index contributed by atoms with van der Waals surface area (Å²) < 4.78 is 1.34. The molecule has 0 aliphatic carbocycles. The predicted octanol–water partition coefficient (Wildman–Crippen LogP) is 1.84. The van der Waals surface area contributed by atoms with Crippen LogP contribution in [0.25, 0.3) is 11.0 Å². The van der Waals surface area contributed by atoms with Crippen LogP contribution >= 0.6 is 0 Å². The van der Waals surface area contributed by atoms with Gasteiger partial charge >= 0.3 is 6.03 Å². The molecule has 0 saturated heterocycles. The first-order valence-electron chi connectivity index (χ1n) is 5.07. The minimum Gasteiger partial charge on any atom is -0.324 e. The summed E-state index contributed by atoms with van der Waals surface area (Å²) in [5.41, 5.74) is 1.70. The highest BCUT2D eigenvalue weighted by Crippen LogP contribution is 2.13. The predicted molar refractivity (Wildman–Crippen MR) is 62.7 cm³/mol. The fourth-order valence-corrected chi connectivity index (χ4v) is 1.56. The van der Waals surface area contributed by atoms with Crippen LogP contribution in [0, 0.1) is 0 Å². The third kappa shape index (κ3) is 1.76. The van der Waals surface area contributed by atoms with E-state index in [4.69, 9.17) is 0 Å². The van der Waals surface area contributed by atoms with E-state index in [1.165, 1.54) is 17.1 Å². The number of para-hydroxylation sites is 2. The summed E-state index contributed by atoms with van der Waals surface area (Å²) in [4.78, 5) is 22.8. The molecule has 0 aliphatic rings. The van der Waals surface area contributed by atoms with Crippen molar-refractivity contribution in [3.05, 3.63) is 43.0 Å². The zero-order valence-electron chi connectivity index (χ0n) is 8.79. The molecule has 6 nitrogen and oxygen atoms in total. The molecule has 0 unspecified atom stereocenters. The van der Waals surface area contributed by atoms with Crippen LogP contribution in [0.3, 0.4) is 0 Å². The van der Waals surface area contributed by atoms with Crippen molar-refractivity contribution in [2.75, 3.05) is 5.32 Å². The van der Waals surface area contributed by atoms with E-state index in [0.29, 0.717) is 5.95 Å². The first-order chi connectivity index (χ1) is 8.33. The van der Waals surface area contributed by atoms with Crippen LogP contribution in [0.15, 0.2) is 43.0 Å². The summed E-state index contributed by atoms with van der Waals surface area (Å²) in [6, 6.07) is 7.27. The number of amides is 1. The SMILES string of the molecule is O=C(Nc1nc2ccccc2[nH]1)n1ccnc1. The number of nitrogens with one attached hydrogen (secondary N) is 2. The number of aromatic amines is 1. The van der Waals surface area contributed by atoms with Crippen molar-refractivity contribution in [1.29, 1.82) is 0 Å². The number of benzene rings is 1. The van der Waals surface area contributed by atoms with Crippen LogP contribution in [0.1, 0.15) is 0 Å². The molecule has 1 amide bonds. The number of hydrogen-bond acceptors (Lipinski definition) is 3. The number of imidazole rings is 2. The van der Waals surface area contributed by atoms with E-state index in [9.17, 15) is 4.79 Å². The van der Waals surface area contributed by atoms with Gasteiger partial charge in [0.15, 0.2) is 0 Å². The van der Waals surface area contributed by atoms with Crippen molar-refractivity contribution in [2.45, 2.75) is 0 Å². The molecule has 2 heterocycles. The van der Waals surface area contributed by atoms with Gasteiger partial charge in [-0.1, -0.05) is 12.1 Å². The number of H-pyrrole nitrogens is 1. The van der Waals surface area contributed by atoms with Crippen LogP contribution in [0.5, 0.6) is 0 Å². The number of aromatic nitrogens is 4. The van der Waals surface area contributed by atoms with Gasteiger partial charge in [0, 0.05) is 12.4 Å². The highest BCUT2D eigenvalue weighted by atomic mass is 16.2. The third-order valence-electron chi connectivity index (χ3n) is 2.35. The molecule has 17 heavy (non-hydrogen) atoms. The summed E-state index contributed by atoms with van der Waals surface area (Å²) >= 11 is 0. The molecule has 0 atom stereocenters. The monoisotopic (exact) mass is 227 g/mol. The largest absolute Gasteiger partial charge is 0.333 e. The summed E-state index contributed by atoms with van der Waals surface area (Å²) in [5.74, 6) is 0.421. The molecule has 2 aromatic heterocycles. The minimum absolute atomic E-state index is 0.304. The highest BCUT2D eigenvalue weighted by Gasteiger charge is 2.07.